The molecular weight excluding hydrogens is 388 g/mol. The molecule has 0 aliphatic heterocycles. The molecular formula is C21H19ClN6O. The zero-order valence-corrected chi connectivity index (χ0v) is 16.7. The average Bonchev–Trinajstić information content (AvgIpc) is 3.30. The first kappa shape index (κ1) is 18.9. The largest absolute Gasteiger partial charge is 0.365 e. The fourth-order valence-electron chi connectivity index (χ4n) is 3.10. The van der Waals surface area contributed by atoms with Crippen LogP contribution in [0.5, 0.6) is 0 Å². The minimum atomic E-state index is -0.351. The molecule has 146 valence electrons. The summed E-state index contributed by atoms with van der Waals surface area (Å²) in [6.45, 7) is 2.05. The van der Waals surface area contributed by atoms with Crippen molar-refractivity contribution in [3.05, 3.63) is 94.4 Å². The van der Waals surface area contributed by atoms with Crippen molar-refractivity contribution in [2.24, 2.45) is 0 Å². The lowest BCUT2D eigenvalue weighted by Gasteiger charge is -2.28. The Labute approximate surface area is 172 Å². The predicted molar refractivity (Wildman–Crippen MR) is 113 cm³/mol. The minimum Gasteiger partial charge on any atom is -0.365 e. The summed E-state index contributed by atoms with van der Waals surface area (Å²) < 4.78 is 3.00. The molecule has 0 radical (unpaired) electrons. The number of halogens is 1. The van der Waals surface area contributed by atoms with Gasteiger partial charge in [0, 0.05) is 7.05 Å². The van der Waals surface area contributed by atoms with Crippen molar-refractivity contribution < 1.29 is 0 Å². The van der Waals surface area contributed by atoms with Gasteiger partial charge in [-0.2, -0.15) is 14.9 Å². The van der Waals surface area contributed by atoms with E-state index in [4.69, 9.17) is 11.6 Å². The molecule has 0 unspecified atom stereocenters. The van der Waals surface area contributed by atoms with Crippen LogP contribution in [0.4, 0.5) is 5.69 Å². The summed E-state index contributed by atoms with van der Waals surface area (Å²) in [5.74, 6) is 0. The van der Waals surface area contributed by atoms with Crippen molar-refractivity contribution in [3.8, 4) is 11.4 Å². The molecule has 0 spiro atoms. The first-order valence-electron chi connectivity index (χ1n) is 9.07. The molecule has 0 saturated heterocycles. The highest BCUT2D eigenvalue weighted by Crippen LogP contribution is 2.29. The quantitative estimate of drug-likeness (QED) is 0.506. The van der Waals surface area contributed by atoms with Gasteiger partial charge in [0.15, 0.2) is 0 Å². The highest BCUT2D eigenvalue weighted by atomic mass is 35.5. The van der Waals surface area contributed by atoms with Crippen LogP contribution in [-0.2, 0) is 0 Å². The van der Waals surface area contributed by atoms with E-state index >= 15 is 0 Å². The molecule has 2 aromatic heterocycles. The van der Waals surface area contributed by atoms with Crippen LogP contribution < -0.4 is 10.5 Å². The SMILES string of the molecule is C[C@@H](c1ccc(-n2cncn2)cc1)N(C)c1cnn(-c2ccccc2)c(=O)c1Cl. The van der Waals surface area contributed by atoms with E-state index < -0.39 is 0 Å². The Kier molecular flexibility index (Phi) is 5.14. The molecule has 8 heteroatoms. The summed E-state index contributed by atoms with van der Waals surface area (Å²) >= 11 is 6.43. The zero-order valence-electron chi connectivity index (χ0n) is 16.0. The van der Waals surface area contributed by atoms with Crippen LogP contribution in [-0.4, -0.2) is 31.6 Å². The second-order valence-corrected chi connectivity index (χ2v) is 6.99. The smallest absolute Gasteiger partial charge is 0.292 e. The molecule has 2 heterocycles. The van der Waals surface area contributed by atoms with Crippen LogP contribution in [0.25, 0.3) is 11.4 Å². The molecule has 7 nitrogen and oxygen atoms in total. The van der Waals surface area contributed by atoms with Crippen LogP contribution in [0, 0.1) is 0 Å². The summed E-state index contributed by atoms with van der Waals surface area (Å²) in [5.41, 5.74) is 2.89. The van der Waals surface area contributed by atoms with Gasteiger partial charge in [-0.25, -0.2) is 9.67 Å². The number of para-hydroxylation sites is 1. The molecule has 4 rings (SSSR count). The van der Waals surface area contributed by atoms with Crippen molar-refractivity contribution >= 4 is 17.3 Å². The third kappa shape index (κ3) is 3.64. The van der Waals surface area contributed by atoms with E-state index in [2.05, 4.69) is 15.2 Å². The Balaban J connectivity index is 1.61. The van der Waals surface area contributed by atoms with Gasteiger partial charge in [0.25, 0.3) is 5.56 Å². The molecule has 0 aliphatic carbocycles. The van der Waals surface area contributed by atoms with Crippen LogP contribution in [0.1, 0.15) is 18.5 Å². The summed E-state index contributed by atoms with van der Waals surface area (Å²) in [7, 11) is 1.89. The number of hydrogen-bond donors (Lipinski definition) is 0. The van der Waals surface area contributed by atoms with Gasteiger partial charge >= 0.3 is 0 Å². The Morgan fingerprint density at radius 3 is 2.38 bits per heavy atom. The van der Waals surface area contributed by atoms with Gasteiger partial charge in [-0.15, -0.1) is 0 Å². The monoisotopic (exact) mass is 406 g/mol. The Morgan fingerprint density at radius 2 is 1.72 bits per heavy atom. The maximum atomic E-state index is 12.8. The third-order valence-corrected chi connectivity index (χ3v) is 5.28. The summed E-state index contributed by atoms with van der Waals surface area (Å²) in [6, 6.07) is 17.2. The molecule has 0 aliphatic rings. The van der Waals surface area contributed by atoms with E-state index in [1.54, 1.807) is 17.2 Å². The van der Waals surface area contributed by atoms with E-state index in [1.165, 1.54) is 11.0 Å². The highest BCUT2D eigenvalue weighted by Gasteiger charge is 2.19. The van der Waals surface area contributed by atoms with Gasteiger partial charge in [-0.1, -0.05) is 41.9 Å². The lowest BCUT2D eigenvalue weighted by molar-refractivity contribution is 0.724. The van der Waals surface area contributed by atoms with Crippen LogP contribution in [0.3, 0.4) is 0 Å². The molecule has 2 aromatic carbocycles. The second-order valence-electron chi connectivity index (χ2n) is 6.61. The number of rotatable bonds is 5. The number of hydrogen-bond acceptors (Lipinski definition) is 5. The normalized spacial score (nSPS) is 12.0. The summed E-state index contributed by atoms with van der Waals surface area (Å²) in [6.07, 6.45) is 4.77. The van der Waals surface area contributed by atoms with Gasteiger partial charge in [0.2, 0.25) is 0 Å². The molecule has 0 N–H and O–H groups in total. The van der Waals surface area contributed by atoms with Gasteiger partial charge in [0.05, 0.1) is 29.3 Å². The van der Waals surface area contributed by atoms with E-state index in [1.807, 2.05) is 73.5 Å². The average molecular weight is 407 g/mol. The lowest BCUT2D eigenvalue weighted by Crippen LogP contribution is -2.28. The summed E-state index contributed by atoms with van der Waals surface area (Å²) in [4.78, 5) is 18.7. The molecule has 29 heavy (non-hydrogen) atoms. The van der Waals surface area contributed by atoms with Gasteiger partial charge in [-0.05, 0) is 36.8 Å². The van der Waals surface area contributed by atoms with E-state index in [9.17, 15) is 4.79 Å². The Hall–Kier alpha value is -3.45. The first-order chi connectivity index (χ1) is 14.1. The molecule has 0 saturated carbocycles. The topological polar surface area (TPSA) is 68.8 Å². The number of benzene rings is 2. The predicted octanol–water partition coefficient (Wildman–Crippen LogP) is 3.66. The van der Waals surface area contributed by atoms with Gasteiger partial charge in [0.1, 0.15) is 17.7 Å². The Bertz CT molecular complexity index is 1160. The fraction of sp³-hybridized carbons (Fsp3) is 0.143. The van der Waals surface area contributed by atoms with Gasteiger partial charge < -0.3 is 4.90 Å². The van der Waals surface area contributed by atoms with Crippen molar-refractivity contribution in [3.63, 3.8) is 0 Å². The van der Waals surface area contributed by atoms with Crippen LogP contribution in [0.15, 0.2) is 78.2 Å². The van der Waals surface area contributed by atoms with E-state index in [0.29, 0.717) is 11.4 Å². The first-order valence-corrected chi connectivity index (χ1v) is 9.45. The van der Waals surface area contributed by atoms with Crippen molar-refractivity contribution in [2.75, 3.05) is 11.9 Å². The second kappa shape index (κ2) is 7.89. The van der Waals surface area contributed by atoms with E-state index in [-0.39, 0.29) is 16.6 Å². The van der Waals surface area contributed by atoms with Crippen molar-refractivity contribution in [1.82, 2.24) is 24.5 Å². The van der Waals surface area contributed by atoms with Crippen LogP contribution in [0.2, 0.25) is 5.02 Å². The minimum absolute atomic E-state index is 0.0222. The van der Waals surface area contributed by atoms with Crippen molar-refractivity contribution in [1.29, 1.82) is 0 Å². The lowest BCUT2D eigenvalue weighted by atomic mass is 10.1. The Morgan fingerprint density at radius 1 is 1.00 bits per heavy atom. The maximum absolute atomic E-state index is 12.8. The fourth-order valence-corrected chi connectivity index (χ4v) is 3.36. The molecule has 1 atom stereocenters. The van der Waals surface area contributed by atoms with Crippen molar-refractivity contribution in [2.45, 2.75) is 13.0 Å². The molecule has 4 aromatic rings. The number of anilines is 1. The van der Waals surface area contributed by atoms with Gasteiger partial charge in [-0.3, -0.25) is 4.79 Å². The zero-order chi connectivity index (χ0) is 20.4. The number of aromatic nitrogens is 5. The third-order valence-electron chi connectivity index (χ3n) is 4.92. The van der Waals surface area contributed by atoms with E-state index in [0.717, 1.165) is 11.3 Å². The number of nitrogens with zero attached hydrogens (tertiary/aromatic N) is 6. The summed E-state index contributed by atoms with van der Waals surface area (Å²) in [5, 5.41) is 8.58. The van der Waals surface area contributed by atoms with Crippen LogP contribution >= 0.6 is 11.6 Å². The standard InChI is InChI=1S/C21H19ClN6O/c1-15(16-8-10-17(11-9-16)27-14-23-13-25-27)26(2)19-12-24-28(21(29)20(19)22)18-6-4-3-5-7-18/h3-15H,1-2H3/t15-/m0/s1. The molecule has 0 amide bonds. The molecule has 0 fully saturated rings. The molecule has 0 bridgehead atoms. The highest BCUT2D eigenvalue weighted by molar-refractivity contribution is 6.33. The maximum Gasteiger partial charge on any atom is 0.292 e.